The van der Waals surface area contributed by atoms with Crippen LogP contribution in [-0.4, -0.2) is 6.04 Å². The molecule has 0 N–H and O–H groups in total. The molecule has 0 amide bonds. The Kier molecular flexibility index (Phi) is 3.42. The van der Waals surface area contributed by atoms with Crippen LogP contribution in [0.25, 0.3) is 10.1 Å². The van der Waals surface area contributed by atoms with Gasteiger partial charge in [0.25, 0.3) is 0 Å². The maximum Gasteiger partial charge on any atom is 0.211 e. The van der Waals surface area contributed by atoms with E-state index in [9.17, 15) is 9.18 Å². The maximum absolute atomic E-state index is 13.5. The van der Waals surface area contributed by atoms with Gasteiger partial charge in [0.05, 0.1) is 0 Å². The molecule has 2 aromatic carbocycles. The lowest BCUT2D eigenvalue weighted by Gasteiger charge is -2.36. The molecule has 4 rings (SSSR count). The summed E-state index contributed by atoms with van der Waals surface area (Å²) in [5, 5.41) is 2.68. The van der Waals surface area contributed by atoms with E-state index in [-0.39, 0.29) is 17.3 Å². The molecule has 0 bridgehead atoms. The van der Waals surface area contributed by atoms with Crippen LogP contribution >= 0.6 is 11.3 Å². The van der Waals surface area contributed by atoms with Crippen molar-refractivity contribution in [2.75, 3.05) is 4.90 Å². The van der Waals surface area contributed by atoms with E-state index in [0.717, 1.165) is 34.2 Å². The Labute approximate surface area is 137 Å². The Bertz CT molecular complexity index is 949. The van der Waals surface area contributed by atoms with Gasteiger partial charge in [0.2, 0.25) is 5.43 Å². The van der Waals surface area contributed by atoms with Gasteiger partial charge in [0.15, 0.2) is 0 Å². The molecule has 0 radical (unpaired) electrons. The Morgan fingerprint density at radius 3 is 2.87 bits per heavy atom. The molecule has 0 saturated carbocycles. The topological polar surface area (TPSA) is 20.3 Å². The first-order valence-electron chi connectivity index (χ1n) is 7.73. The quantitative estimate of drug-likeness (QED) is 0.636. The standard InChI is InChI=1S/C19H16FNOS/c1-12-6-7-13-10-14(20)8-9-16(13)21(12)17-11-23-18-5-3-2-4-15(18)19(17)22/h2-5,8-12H,6-7H2,1H3. The Balaban J connectivity index is 1.94. The largest absolute Gasteiger partial charge is 0.335 e. The highest BCUT2D eigenvalue weighted by Crippen LogP contribution is 2.37. The summed E-state index contributed by atoms with van der Waals surface area (Å²) in [7, 11) is 0. The lowest BCUT2D eigenvalue weighted by Crippen LogP contribution is -2.36. The monoisotopic (exact) mass is 325 g/mol. The van der Waals surface area contributed by atoms with Crippen LogP contribution in [0.15, 0.2) is 52.6 Å². The number of benzene rings is 2. The molecule has 0 fully saturated rings. The van der Waals surface area contributed by atoms with Crippen LogP contribution in [0.1, 0.15) is 18.9 Å². The van der Waals surface area contributed by atoms with Gasteiger partial charge in [-0.2, -0.15) is 0 Å². The second-order valence-corrected chi connectivity index (χ2v) is 6.89. The van der Waals surface area contributed by atoms with Gasteiger partial charge in [-0.3, -0.25) is 4.79 Å². The van der Waals surface area contributed by atoms with Gasteiger partial charge in [-0.1, -0.05) is 12.1 Å². The van der Waals surface area contributed by atoms with Crippen LogP contribution in [0, 0.1) is 5.82 Å². The Hall–Kier alpha value is -2.20. The van der Waals surface area contributed by atoms with Gasteiger partial charge in [0, 0.05) is 27.2 Å². The van der Waals surface area contributed by atoms with Gasteiger partial charge in [-0.25, -0.2) is 4.39 Å². The van der Waals surface area contributed by atoms with Crippen LogP contribution in [0.5, 0.6) is 0 Å². The summed E-state index contributed by atoms with van der Waals surface area (Å²) in [6.45, 7) is 2.12. The summed E-state index contributed by atoms with van der Waals surface area (Å²) in [6.07, 6.45) is 1.75. The van der Waals surface area contributed by atoms with Crippen molar-refractivity contribution in [2.45, 2.75) is 25.8 Å². The zero-order valence-corrected chi connectivity index (χ0v) is 13.6. The van der Waals surface area contributed by atoms with E-state index in [1.807, 2.05) is 29.6 Å². The molecule has 0 aliphatic carbocycles. The molecular weight excluding hydrogens is 309 g/mol. The molecule has 4 heteroatoms. The molecular formula is C19H16FNOS. The average Bonchev–Trinajstić information content (AvgIpc) is 2.56. The number of aryl methyl sites for hydroxylation is 1. The number of rotatable bonds is 1. The molecule has 1 aliphatic rings. The molecule has 0 saturated heterocycles. The first kappa shape index (κ1) is 14.4. The molecule has 116 valence electrons. The maximum atomic E-state index is 13.5. The number of anilines is 2. The Morgan fingerprint density at radius 2 is 2.00 bits per heavy atom. The fourth-order valence-electron chi connectivity index (χ4n) is 3.32. The summed E-state index contributed by atoms with van der Waals surface area (Å²) in [5.41, 5.74) is 2.66. The van der Waals surface area contributed by atoms with E-state index in [4.69, 9.17) is 0 Å². The van der Waals surface area contributed by atoms with Crippen LogP contribution in [-0.2, 0) is 6.42 Å². The van der Waals surface area contributed by atoms with E-state index in [1.165, 1.54) is 6.07 Å². The molecule has 3 aromatic rings. The number of nitrogens with zero attached hydrogens (tertiary/aromatic N) is 1. The summed E-state index contributed by atoms with van der Waals surface area (Å²) >= 11 is 1.58. The highest BCUT2D eigenvalue weighted by atomic mass is 32.1. The third-order valence-electron chi connectivity index (χ3n) is 4.49. The first-order valence-corrected chi connectivity index (χ1v) is 8.61. The van der Waals surface area contributed by atoms with Crippen molar-refractivity contribution in [3.05, 3.63) is 69.4 Å². The molecule has 1 atom stereocenters. The minimum absolute atomic E-state index is 0.0448. The van der Waals surface area contributed by atoms with Crippen molar-refractivity contribution in [2.24, 2.45) is 0 Å². The summed E-state index contributed by atoms with van der Waals surface area (Å²) in [5.74, 6) is -0.220. The van der Waals surface area contributed by atoms with Gasteiger partial charge in [-0.15, -0.1) is 11.3 Å². The van der Waals surface area contributed by atoms with Crippen molar-refractivity contribution in [1.29, 1.82) is 0 Å². The zero-order chi connectivity index (χ0) is 16.0. The van der Waals surface area contributed by atoms with Crippen LogP contribution in [0.2, 0.25) is 0 Å². The van der Waals surface area contributed by atoms with Crippen molar-refractivity contribution in [3.63, 3.8) is 0 Å². The predicted octanol–water partition coefficient (Wildman–Crippen LogP) is 4.87. The van der Waals surface area contributed by atoms with E-state index in [0.29, 0.717) is 5.69 Å². The molecule has 2 nitrogen and oxygen atoms in total. The molecule has 1 aliphatic heterocycles. The van der Waals surface area contributed by atoms with Gasteiger partial charge >= 0.3 is 0 Å². The van der Waals surface area contributed by atoms with Gasteiger partial charge < -0.3 is 4.90 Å². The van der Waals surface area contributed by atoms with Crippen molar-refractivity contribution < 1.29 is 4.39 Å². The average molecular weight is 325 g/mol. The van der Waals surface area contributed by atoms with E-state index in [1.54, 1.807) is 23.5 Å². The lowest BCUT2D eigenvalue weighted by atomic mass is 9.96. The fourth-order valence-corrected chi connectivity index (χ4v) is 4.23. The Morgan fingerprint density at radius 1 is 1.17 bits per heavy atom. The van der Waals surface area contributed by atoms with E-state index < -0.39 is 0 Å². The molecule has 1 aromatic heterocycles. The van der Waals surface area contributed by atoms with E-state index >= 15 is 0 Å². The second kappa shape index (κ2) is 5.46. The molecule has 23 heavy (non-hydrogen) atoms. The van der Waals surface area contributed by atoms with Crippen molar-refractivity contribution >= 4 is 32.8 Å². The molecule has 2 heterocycles. The predicted molar refractivity (Wildman–Crippen MR) is 94.4 cm³/mol. The van der Waals surface area contributed by atoms with Crippen LogP contribution in [0.3, 0.4) is 0 Å². The lowest BCUT2D eigenvalue weighted by molar-refractivity contribution is 0.598. The van der Waals surface area contributed by atoms with E-state index in [2.05, 4.69) is 11.8 Å². The number of hydrogen-bond donors (Lipinski definition) is 0. The smallest absolute Gasteiger partial charge is 0.211 e. The summed E-state index contributed by atoms with van der Waals surface area (Å²) < 4.78 is 14.5. The third kappa shape index (κ3) is 2.34. The number of halogens is 1. The fraction of sp³-hybridized carbons (Fsp3) is 0.211. The minimum Gasteiger partial charge on any atom is -0.335 e. The molecule has 1 unspecified atom stereocenters. The summed E-state index contributed by atoms with van der Waals surface area (Å²) in [6, 6.07) is 12.7. The normalized spacial score (nSPS) is 17.3. The van der Waals surface area contributed by atoms with Gasteiger partial charge in [-0.05, 0) is 55.7 Å². The van der Waals surface area contributed by atoms with Crippen LogP contribution < -0.4 is 10.3 Å². The second-order valence-electron chi connectivity index (χ2n) is 5.98. The SMILES string of the molecule is CC1CCc2cc(F)ccc2N1c1csc2ccccc2c1=O. The van der Waals surface area contributed by atoms with Gasteiger partial charge in [0.1, 0.15) is 11.5 Å². The molecule has 0 spiro atoms. The third-order valence-corrected chi connectivity index (χ3v) is 5.45. The van der Waals surface area contributed by atoms with Crippen molar-refractivity contribution in [3.8, 4) is 0 Å². The summed E-state index contributed by atoms with van der Waals surface area (Å²) in [4.78, 5) is 15.0. The number of hydrogen-bond acceptors (Lipinski definition) is 3. The van der Waals surface area contributed by atoms with Crippen molar-refractivity contribution in [1.82, 2.24) is 0 Å². The highest BCUT2D eigenvalue weighted by molar-refractivity contribution is 7.16. The highest BCUT2D eigenvalue weighted by Gasteiger charge is 2.26. The zero-order valence-electron chi connectivity index (χ0n) is 12.8. The van der Waals surface area contributed by atoms with Crippen LogP contribution in [0.4, 0.5) is 15.8 Å². The number of fused-ring (bicyclic) bond motifs is 2. The minimum atomic E-state index is -0.220. The first-order chi connectivity index (χ1) is 11.1.